The number of amides is 2. The fraction of sp³-hybridized carbons (Fsp3) is 0.333. The summed E-state index contributed by atoms with van der Waals surface area (Å²) >= 11 is 0. The highest BCUT2D eigenvalue weighted by Gasteiger charge is 2.47. The third kappa shape index (κ3) is 3.35. The Morgan fingerprint density at radius 2 is 1.81 bits per heavy atom. The van der Waals surface area contributed by atoms with E-state index in [0.29, 0.717) is 6.42 Å². The first-order chi connectivity index (χ1) is 12.5. The first-order valence-corrected chi connectivity index (χ1v) is 8.77. The summed E-state index contributed by atoms with van der Waals surface area (Å²) in [5.41, 5.74) is 1.87. The van der Waals surface area contributed by atoms with Crippen molar-refractivity contribution in [2.75, 3.05) is 18.6 Å². The second kappa shape index (κ2) is 7.30. The summed E-state index contributed by atoms with van der Waals surface area (Å²) < 4.78 is 0. The van der Waals surface area contributed by atoms with E-state index in [4.69, 9.17) is 0 Å². The summed E-state index contributed by atoms with van der Waals surface area (Å²) in [6, 6.07) is 16.9. The van der Waals surface area contributed by atoms with Gasteiger partial charge in [0.25, 0.3) is 0 Å². The zero-order valence-electron chi connectivity index (χ0n) is 15.1. The molecule has 0 saturated carbocycles. The first-order valence-electron chi connectivity index (χ1n) is 8.77. The number of hydrogen-bond donors (Lipinski definition) is 2. The summed E-state index contributed by atoms with van der Waals surface area (Å²) in [5, 5.41) is 12.5. The Bertz CT molecular complexity index is 806. The number of carbonyl (C=O) groups excluding carboxylic acids is 2. The van der Waals surface area contributed by atoms with Crippen molar-refractivity contribution in [3.63, 3.8) is 0 Å². The summed E-state index contributed by atoms with van der Waals surface area (Å²) in [5.74, 6) is -0.321. The minimum Gasteiger partial charge on any atom is -0.394 e. The van der Waals surface area contributed by atoms with Crippen LogP contribution in [0.25, 0.3) is 0 Å². The van der Waals surface area contributed by atoms with Crippen LogP contribution in [0.1, 0.15) is 24.5 Å². The number of nitrogens with one attached hydrogen (secondary N) is 1. The van der Waals surface area contributed by atoms with Gasteiger partial charge in [-0.25, -0.2) is 0 Å². The van der Waals surface area contributed by atoms with Crippen LogP contribution in [0.2, 0.25) is 0 Å². The molecule has 0 bridgehead atoms. The molecule has 2 atom stereocenters. The Morgan fingerprint density at radius 1 is 1.15 bits per heavy atom. The third-order valence-corrected chi connectivity index (χ3v) is 5.06. The Morgan fingerprint density at radius 3 is 2.50 bits per heavy atom. The van der Waals surface area contributed by atoms with Crippen molar-refractivity contribution in [1.29, 1.82) is 0 Å². The molecule has 0 spiro atoms. The van der Waals surface area contributed by atoms with Crippen LogP contribution in [0.4, 0.5) is 5.69 Å². The zero-order valence-corrected chi connectivity index (χ0v) is 15.1. The Balaban J connectivity index is 1.72. The molecule has 136 valence electrons. The number of rotatable bonds is 6. The highest BCUT2D eigenvalue weighted by molar-refractivity contribution is 6.09. The Kier molecular flexibility index (Phi) is 5.09. The molecule has 1 aliphatic rings. The third-order valence-electron chi connectivity index (χ3n) is 5.06. The predicted molar refractivity (Wildman–Crippen MR) is 101 cm³/mol. The predicted octanol–water partition coefficient (Wildman–Crippen LogP) is 2.03. The summed E-state index contributed by atoms with van der Waals surface area (Å²) in [6.07, 6.45) is 0.600. The quantitative estimate of drug-likeness (QED) is 0.836. The van der Waals surface area contributed by atoms with Gasteiger partial charge >= 0.3 is 0 Å². The molecule has 2 aromatic carbocycles. The largest absolute Gasteiger partial charge is 0.394 e. The number of anilines is 1. The van der Waals surface area contributed by atoms with E-state index in [1.807, 2.05) is 61.5 Å². The van der Waals surface area contributed by atoms with Crippen molar-refractivity contribution in [3.8, 4) is 0 Å². The normalized spacial score (nSPS) is 20.0. The van der Waals surface area contributed by atoms with Crippen LogP contribution < -0.4 is 10.2 Å². The molecule has 3 rings (SSSR count). The van der Waals surface area contributed by atoms with Gasteiger partial charge in [-0.15, -0.1) is 0 Å². The van der Waals surface area contributed by atoms with Crippen LogP contribution in [0.15, 0.2) is 54.6 Å². The van der Waals surface area contributed by atoms with Crippen LogP contribution >= 0.6 is 0 Å². The molecule has 0 saturated heterocycles. The van der Waals surface area contributed by atoms with Gasteiger partial charge in [-0.05, 0) is 30.5 Å². The fourth-order valence-electron chi connectivity index (χ4n) is 3.66. The highest BCUT2D eigenvalue weighted by atomic mass is 16.3. The molecule has 0 fully saturated rings. The number of para-hydroxylation sites is 1. The number of fused-ring (bicyclic) bond motifs is 1. The number of likely N-dealkylation sites (N-methyl/N-ethyl adjacent to an activating group) is 1. The van der Waals surface area contributed by atoms with Gasteiger partial charge in [-0.1, -0.05) is 48.5 Å². The zero-order chi connectivity index (χ0) is 18.7. The van der Waals surface area contributed by atoms with E-state index < -0.39 is 5.41 Å². The van der Waals surface area contributed by atoms with Gasteiger partial charge in [0.1, 0.15) is 0 Å². The van der Waals surface area contributed by atoms with E-state index in [1.54, 1.807) is 11.9 Å². The lowest BCUT2D eigenvalue weighted by Crippen LogP contribution is -2.44. The maximum absolute atomic E-state index is 12.8. The second-order valence-corrected chi connectivity index (χ2v) is 7.03. The van der Waals surface area contributed by atoms with Crippen molar-refractivity contribution in [2.45, 2.75) is 31.2 Å². The molecular formula is C21H24N2O3. The number of hydrogen-bond acceptors (Lipinski definition) is 3. The van der Waals surface area contributed by atoms with E-state index in [2.05, 4.69) is 5.32 Å². The van der Waals surface area contributed by atoms with Gasteiger partial charge in [0.2, 0.25) is 11.8 Å². The van der Waals surface area contributed by atoms with Crippen molar-refractivity contribution in [3.05, 3.63) is 65.7 Å². The van der Waals surface area contributed by atoms with Crippen LogP contribution in [0, 0.1) is 0 Å². The topological polar surface area (TPSA) is 69.6 Å². The van der Waals surface area contributed by atoms with Crippen molar-refractivity contribution >= 4 is 17.5 Å². The lowest BCUT2D eigenvalue weighted by Gasteiger charge is -2.24. The van der Waals surface area contributed by atoms with Crippen molar-refractivity contribution < 1.29 is 14.7 Å². The molecule has 0 radical (unpaired) electrons. The standard InChI is InChI=1S/C21H24N2O3/c1-21(17-10-6-7-11-18(17)23(2)20(21)26)13-19(25)22-16(14-24)12-15-8-4-3-5-9-15/h3-11,16,24H,12-14H2,1-2H3,(H,22,25)/t16-,21+/m1/s1. The Hall–Kier alpha value is -2.66. The van der Waals surface area contributed by atoms with Crippen molar-refractivity contribution in [1.82, 2.24) is 5.32 Å². The molecule has 1 aliphatic heterocycles. The fourth-order valence-corrected chi connectivity index (χ4v) is 3.66. The molecule has 5 nitrogen and oxygen atoms in total. The molecule has 5 heteroatoms. The van der Waals surface area contributed by atoms with Crippen LogP contribution in [-0.4, -0.2) is 36.6 Å². The number of benzene rings is 2. The lowest BCUT2D eigenvalue weighted by molar-refractivity contribution is -0.129. The molecule has 2 amide bonds. The van der Waals surface area contributed by atoms with Gasteiger partial charge < -0.3 is 15.3 Å². The van der Waals surface area contributed by atoms with Crippen LogP contribution in [0.5, 0.6) is 0 Å². The molecule has 0 aliphatic carbocycles. The number of carbonyl (C=O) groups is 2. The summed E-state index contributed by atoms with van der Waals surface area (Å²) in [7, 11) is 1.73. The monoisotopic (exact) mass is 352 g/mol. The molecule has 26 heavy (non-hydrogen) atoms. The van der Waals surface area contributed by atoms with Gasteiger partial charge in [0.05, 0.1) is 18.1 Å². The molecule has 0 unspecified atom stereocenters. The van der Waals surface area contributed by atoms with Crippen molar-refractivity contribution in [2.24, 2.45) is 0 Å². The number of aliphatic hydroxyl groups excluding tert-OH is 1. The highest BCUT2D eigenvalue weighted by Crippen LogP contribution is 2.42. The maximum atomic E-state index is 12.8. The van der Waals surface area contributed by atoms with Crippen LogP contribution in [-0.2, 0) is 21.4 Å². The molecular weight excluding hydrogens is 328 g/mol. The summed E-state index contributed by atoms with van der Waals surface area (Å²) in [4.78, 5) is 27.0. The smallest absolute Gasteiger partial charge is 0.237 e. The minimum atomic E-state index is -0.887. The van der Waals surface area contributed by atoms with E-state index >= 15 is 0 Å². The molecule has 2 N–H and O–H groups in total. The lowest BCUT2D eigenvalue weighted by atomic mass is 9.80. The molecule has 1 heterocycles. The first kappa shape index (κ1) is 18.1. The Labute approximate surface area is 153 Å². The van der Waals surface area contributed by atoms with Gasteiger partial charge in [-0.3, -0.25) is 9.59 Å². The summed E-state index contributed by atoms with van der Waals surface area (Å²) in [6.45, 7) is 1.66. The minimum absolute atomic E-state index is 0.0540. The van der Waals surface area contributed by atoms with Crippen LogP contribution in [0.3, 0.4) is 0 Å². The second-order valence-electron chi connectivity index (χ2n) is 7.03. The van der Waals surface area contributed by atoms with E-state index in [0.717, 1.165) is 16.8 Å². The number of nitrogens with zero attached hydrogens (tertiary/aromatic N) is 1. The average molecular weight is 352 g/mol. The van der Waals surface area contributed by atoms with Gasteiger partial charge in [0.15, 0.2) is 0 Å². The van der Waals surface area contributed by atoms with E-state index in [-0.39, 0.29) is 30.9 Å². The molecule has 0 aromatic heterocycles. The van der Waals surface area contributed by atoms with E-state index in [1.165, 1.54) is 0 Å². The van der Waals surface area contributed by atoms with Gasteiger partial charge in [0, 0.05) is 19.2 Å². The van der Waals surface area contributed by atoms with Gasteiger partial charge in [-0.2, -0.15) is 0 Å². The SMILES string of the molecule is CN1C(=O)[C@@](C)(CC(=O)N[C@@H](CO)Cc2ccccc2)c2ccccc21. The number of aliphatic hydroxyl groups is 1. The van der Waals surface area contributed by atoms with E-state index in [9.17, 15) is 14.7 Å². The maximum Gasteiger partial charge on any atom is 0.237 e. The molecule has 2 aromatic rings. The average Bonchev–Trinajstić information content (AvgIpc) is 2.84.